The second-order valence-electron chi connectivity index (χ2n) is 4.59. The third-order valence-electron chi connectivity index (χ3n) is 3.26. The number of amides is 3. The maximum atomic E-state index is 11.9. The number of likely N-dealkylation sites (N-methyl/N-ethyl adjacent to an activating group) is 1. The van der Waals surface area contributed by atoms with E-state index in [-0.39, 0.29) is 29.0 Å². The third kappa shape index (κ3) is 4.19. The lowest BCUT2D eigenvalue weighted by Crippen LogP contribution is -2.46. The minimum Gasteiger partial charge on any atom is -0.357 e. The first-order valence-corrected chi connectivity index (χ1v) is 7.49. The minimum absolute atomic E-state index is 0.0199. The summed E-state index contributed by atoms with van der Waals surface area (Å²) in [6.45, 7) is 2.87. The molecule has 0 saturated carbocycles. The van der Waals surface area contributed by atoms with Gasteiger partial charge in [0, 0.05) is 32.5 Å². The highest BCUT2D eigenvalue weighted by Crippen LogP contribution is 2.21. The van der Waals surface area contributed by atoms with Gasteiger partial charge in [0.15, 0.2) is 0 Å². The predicted molar refractivity (Wildman–Crippen MR) is 74.8 cm³/mol. The highest BCUT2D eigenvalue weighted by Gasteiger charge is 2.36. The summed E-state index contributed by atoms with van der Waals surface area (Å²) in [5.74, 6) is -0.173. The second-order valence-corrected chi connectivity index (χ2v) is 5.15. The SMILES string of the molecule is CC[C@@H](C(=O)NC)N1CC(CNC(=O)CBr)CC1=O. The summed E-state index contributed by atoms with van der Waals surface area (Å²) in [6.07, 6.45) is 0.974. The Morgan fingerprint density at radius 1 is 1.53 bits per heavy atom. The molecule has 6 nitrogen and oxygen atoms in total. The Balaban J connectivity index is 2.56. The molecule has 3 amide bonds. The average molecular weight is 334 g/mol. The van der Waals surface area contributed by atoms with E-state index in [1.54, 1.807) is 11.9 Å². The molecule has 0 bridgehead atoms. The van der Waals surface area contributed by atoms with Crippen LogP contribution in [0.1, 0.15) is 19.8 Å². The number of hydrogen-bond acceptors (Lipinski definition) is 3. The summed E-state index contributed by atoms with van der Waals surface area (Å²) < 4.78 is 0. The van der Waals surface area contributed by atoms with Crippen LogP contribution in [0.5, 0.6) is 0 Å². The number of nitrogens with zero attached hydrogens (tertiary/aromatic N) is 1. The molecule has 1 rings (SSSR count). The van der Waals surface area contributed by atoms with Crippen LogP contribution in [-0.2, 0) is 14.4 Å². The lowest BCUT2D eigenvalue weighted by molar-refractivity contribution is -0.137. The largest absolute Gasteiger partial charge is 0.357 e. The molecule has 2 N–H and O–H groups in total. The van der Waals surface area contributed by atoms with Crippen molar-refractivity contribution in [1.82, 2.24) is 15.5 Å². The lowest BCUT2D eigenvalue weighted by atomic mass is 10.1. The fourth-order valence-corrected chi connectivity index (χ4v) is 2.46. The number of hydrogen-bond donors (Lipinski definition) is 2. The van der Waals surface area contributed by atoms with Gasteiger partial charge in [-0.3, -0.25) is 14.4 Å². The van der Waals surface area contributed by atoms with Gasteiger partial charge in [-0.2, -0.15) is 0 Å². The van der Waals surface area contributed by atoms with Gasteiger partial charge in [0.05, 0.1) is 5.33 Å². The molecule has 7 heteroatoms. The molecule has 1 heterocycles. The first kappa shape index (κ1) is 15.9. The maximum absolute atomic E-state index is 11.9. The quantitative estimate of drug-likeness (QED) is 0.665. The minimum atomic E-state index is -0.408. The zero-order valence-electron chi connectivity index (χ0n) is 11.2. The number of carbonyl (C=O) groups is 3. The van der Waals surface area contributed by atoms with Gasteiger partial charge < -0.3 is 15.5 Å². The van der Waals surface area contributed by atoms with Crippen molar-refractivity contribution < 1.29 is 14.4 Å². The Bertz CT molecular complexity index is 362. The molecule has 0 spiro atoms. The van der Waals surface area contributed by atoms with Gasteiger partial charge in [0.2, 0.25) is 17.7 Å². The van der Waals surface area contributed by atoms with E-state index in [9.17, 15) is 14.4 Å². The summed E-state index contributed by atoms with van der Waals surface area (Å²) in [4.78, 5) is 36.4. The van der Waals surface area contributed by atoms with Crippen molar-refractivity contribution in [2.75, 3.05) is 25.5 Å². The van der Waals surface area contributed by atoms with Crippen molar-refractivity contribution in [1.29, 1.82) is 0 Å². The Morgan fingerprint density at radius 3 is 2.74 bits per heavy atom. The van der Waals surface area contributed by atoms with Gasteiger partial charge in [-0.05, 0) is 6.42 Å². The molecule has 0 aliphatic carbocycles. The highest BCUT2D eigenvalue weighted by molar-refractivity contribution is 9.09. The molecule has 0 aromatic rings. The summed E-state index contributed by atoms with van der Waals surface area (Å²) in [5.41, 5.74) is 0. The topological polar surface area (TPSA) is 78.5 Å². The van der Waals surface area contributed by atoms with E-state index in [0.717, 1.165) is 0 Å². The molecule has 108 valence electrons. The van der Waals surface area contributed by atoms with Gasteiger partial charge in [-0.25, -0.2) is 0 Å². The third-order valence-corrected chi connectivity index (χ3v) is 3.77. The normalized spacial score (nSPS) is 20.3. The lowest BCUT2D eigenvalue weighted by Gasteiger charge is -2.25. The molecular weight excluding hydrogens is 314 g/mol. The number of nitrogens with one attached hydrogen (secondary N) is 2. The Hall–Kier alpha value is -1.11. The molecule has 19 heavy (non-hydrogen) atoms. The van der Waals surface area contributed by atoms with E-state index in [2.05, 4.69) is 26.6 Å². The van der Waals surface area contributed by atoms with Gasteiger partial charge in [-0.1, -0.05) is 22.9 Å². The summed E-state index contributed by atoms with van der Waals surface area (Å²) in [7, 11) is 1.57. The Morgan fingerprint density at radius 2 is 2.21 bits per heavy atom. The fraction of sp³-hybridized carbons (Fsp3) is 0.750. The van der Waals surface area contributed by atoms with E-state index in [1.165, 1.54) is 0 Å². The van der Waals surface area contributed by atoms with Gasteiger partial charge in [0.25, 0.3) is 0 Å². The van der Waals surface area contributed by atoms with Crippen LogP contribution < -0.4 is 10.6 Å². The van der Waals surface area contributed by atoms with Crippen molar-refractivity contribution in [3.05, 3.63) is 0 Å². The van der Waals surface area contributed by atoms with Crippen molar-refractivity contribution in [3.8, 4) is 0 Å². The molecule has 1 aliphatic heterocycles. The molecule has 1 aliphatic rings. The van der Waals surface area contributed by atoms with Crippen molar-refractivity contribution in [2.24, 2.45) is 5.92 Å². The monoisotopic (exact) mass is 333 g/mol. The standard InChI is InChI=1S/C12H20BrN3O3/c1-3-9(12(19)14-2)16-7-8(4-11(16)18)6-15-10(17)5-13/h8-9H,3-7H2,1-2H3,(H,14,19)(H,15,17)/t8?,9-/m0/s1. The number of halogens is 1. The summed E-state index contributed by atoms with van der Waals surface area (Å²) >= 11 is 3.07. The molecule has 2 atom stereocenters. The average Bonchev–Trinajstić information content (AvgIpc) is 2.78. The van der Waals surface area contributed by atoms with Crippen LogP contribution in [0.25, 0.3) is 0 Å². The second kappa shape index (κ2) is 7.47. The number of likely N-dealkylation sites (tertiary alicyclic amines) is 1. The van der Waals surface area contributed by atoms with Crippen LogP contribution in [0.2, 0.25) is 0 Å². The number of rotatable bonds is 6. The van der Waals surface area contributed by atoms with Crippen molar-refractivity contribution in [2.45, 2.75) is 25.8 Å². The van der Waals surface area contributed by atoms with E-state index >= 15 is 0 Å². The Labute approximate surface area is 121 Å². The predicted octanol–water partition coefficient (Wildman–Crippen LogP) is -0.129. The van der Waals surface area contributed by atoms with E-state index < -0.39 is 6.04 Å². The molecular formula is C12H20BrN3O3. The summed E-state index contributed by atoms with van der Waals surface area (Å²) in [5, 5.41) is 5.59. The smallest absolute Gasteiger partial charge is 0.242 e. The molecule has 1 unspecified atom stereocenters. The molecule has 0 radical (unpaired) electrons. The number of carbonyl (C=O) groups excluding carboxylic acids is 3. The van der Waals surface area contributed by atoms with Crippen molar-refractivity contribution >= 4 is 33.7 Å². The van der Waals surface area contributed by atoms with Crippen LogP contribution in [0.3, 0.4) is 0 Å². The highest BCUT2D eigenvalue weighted by atomic mass is 79.9. The van der Waals surface area contributed by atoms with E-state index in [1.807, 2.05) is 6.92 Å². The molecule has 0 aromatic carbocycles. The first-order chi connectivity index (χ1) is 9.03. The number of alkyl halides is 1. The van der Waals surface area contributed by atoms with Gasteiger partial charge in [-0.15, -0.1) is 0 Å². The van der Waals surface area contributed by atoms with Crippen LogP contribution >= 0.6 is 15.9 Å². The van der Waals surface area contributed by atoms with E-state index in [4.69, 9.17) is 0 Å². The molecule has 0 aromatic heterocycles. The van der Waals surface area contributed by atoms with Crippen LogP contribution in [0.4, 0.5) is 0 Å². The van der Waals surface area contributed by atoms with Crippen molar-refractivity contribution in [3.63, 3.8) is 0 Å². The Kier molecular flexibility index (Phi) is 6.27. The van der Waals surface area contributed by atoms with Crippen LogP contribution in [0, 0.1) is 5.92 Å². The maximum Gasteiger partial charge on any atom is 0.242 e. The molecule has 1 saturated heterocycles. The zero-order chi connectivity index (χ0) is 14.4. The van der Waals surface area contributed by atoms with Gasteiger partial charge in [0.1, 0.15) is 6.04 Å². The zero-order valence-corrected chi connectivity index (χ0v) is 12.8. The van der Waals surface area contributed by atoms with Crippen LogP contribution in [-0.4, -0.2) is 54.1 Å². The van der Waals surface area contributed by atoms with Gasteiger partial charge >= 0.3 is 0 Å². The fourth-order valence-electron chi connectivity index (χ4n) is 2.27. The molecule has 1 fully saturated rings. The van der Waals surface area contributed by atoms with E-state index in [0.29, 0.717) is 25.9 Å². The summed E-state index contributed by atoms with van der Waals surface area (Å²) in [6, 6.07) is -0.408. The van der Waals surface area contributed by atoms with Crippen LogP contribution in [0.15, 0.2) is 0 Å². The first-order valence-electron chi connectivity index (χ1n) is 6.37.